The Balaban J connectivity index is 2.12. The number of rotatable bonds is 4. The quantitative estimate of drug-likeness (QED) is 0.683. The van der Waals surface area contributed by atoms with Gasteiger partial charge in [-0.25, -0.2) is 0 Å². The SMILES string of the molecule is CC(NC(=O)c1cccc([N+](=O)[O-])c1)c1ccccn1. The fraction of sp³-hybridized carbons (Fsp3) is 0.143. The van der Waals surface area contributed by atoms with Gasteiger partial charge in [-0.3, -0.25) is 19.9 Å². The second-order valence-electron chi connectivity index (χ2n) is 4.26. The van der Waals surface area contributed by atoms with E-state index in [9.17, 15) is 14.9 Å². The van der Waals surface area contributed by atoms with Crippen molar-refractivity contribution in [3.63, 3.8) is 0 Å². The Morgan fingerprint density at radius 3 is 2.75 bits per heavy atom. The van der Waals surface area contributed by atoms with Crippen molar-refractivity contribution in [1.29, 1.82) is 0 Å². The number of amides is 1. The highest BCUT2D eigenvalue weighted by Crippen LogP contribution is 2.14. The van der Waals surface area contributed by atoms with Crippen LogP contribution in [0.1, 0.15) is 29.0 Å². The van der Waals surface area contributed by atoms with Crippen LogP contribution in [0.15, 0.2) is 48.7 Å². The summed E-state index contributed by atoms with van der Waals surface area (Å²) in [6.45, 7) is 1.80. The number of nitrogens with zero attached hydrogens (tertiary/aromatic N) is 2. The summed E-state index contributed by atoms with van der Waals surface area (Å²) in [5.74, 6) is -0.369. The molecule has 6 heteroatoms. The number of aromatic nitrogens is 1. The first-order valence-corrected chi connectivity index (χ1v) is 6.04. The number of carbonyl (C=O) groups is 1. The fourth-order valence-corrected chi connectivity index (χ4v) is 1.75. The van der Waals surface area contributed by atoms with E-state index in [0.717, 1.165) is 5.69 Å². The lowest BCUT2D eigenvalue weighted by atomic mass is 10.1. The van der Waals surface area contributed by atoms with Gasteiger partial charge in [0.2, 0.25) is 0 Å². The molecule has 1 unspecified atom stereocenters. The molecule has 0 aliphatic heterocycles. The number of nitro groups is 1. The van der Waals surface area contributed by atoms with Gasteiger partial charge in [-0.1, -0.05) is 12.1 Å². The predicted molar refractivity (Wildman–Crippen MR) is 73.2 cm³/mol. The van der Waals surface area contributed by atoms with Crippen LogP contribution in [0.4, 0.5) is 5.69 Å². The van der Waals surface area contributed by atoms with Gasteiger partial charge in [0.05, 0.1) is 16.7 Å². The van der Waals surface area contributed by atoms with Crippen molar-refractivity contribution < 1.29 is 9.72 Å². The van der Waals surface area contributed by atoms with Gasteiger partial charge >= 0.3 is 0 Å². The average Bonchev–Trinajstić information content (AvgIpc) is 2.48. The first kappa shape index (κ1) is 13.7. The minimum absolute atomic E-state index is 0.108. The molecule has 0 fully saturated rings. The highest BCUT2D eigenvalue weighted by molar-refractivity contribution is 5.95. The highest BCUT2D eigenvalue weighted by atomic mass is 16.6. The van der Waals surface area contributed by atoms with Crippen molar-refractivity contribution in [2.45, 2.75) is 13.0 Å². The summed E-state index contributed by atoms with van der Waals surface area (Å²) in [6, 6.07) is 10.8. The molecule has 1 aromatic carbocycles. The molecular formula is C14H13N3O3. The number of nitrogens with one attached hydrogen (secondary N) is 1. The zero-order valence-corrected chi connectivity index (χ0v) is 10.8. The van der Waals surface area contributed by atoms with Crippen LogP contribution in [0.3, 0.4) is 0 Å². The van der Waals surface area contributed by atoms with E-state index in [0.29, 0.717) is 0 Å². The molecule has 1 N–H and O–H groups in total. The zero-order chi connectivity index (χ0) is 14.5. The highest BCUT2D eigenvalue weighted by Gasteiger charge is 2.14. The van der Waals surface area contributed by atoms with Gasteiger partial charge < -0.3 is 5.32 Å². The molecule has 0 spiro atoms. The van der Waals surface area contributed by atoms with Gasteiger partial charge in [-0.05, 0) is 25.1 Å². The molecule has 1 aromatic heterocycles. The van der Waals surface area contributed by atoms with Crippen LogP contribution in [0, 0.1) is 10.1 Å². The monoisotopic (exact) mass is 271 g/mol. The van der Waals surface area contributed by atoms with Crippen LogP contribution in [0.25, 0.3) is 0 Å². The van der Waals surface area contributed by atoms with Gasteiger partial charge in [0, 0.05) is 23.9 Å². The van der Waals surface area contributed by atoms with Crippen molar-refractivity contribution in [3.05, 3.63) is 70.0 Å². The Bertz CT molecular complexity index is 629. The molecule has 2 aromatic rings. The van der Waals surface area contributed by atoms with Crippen LogP contribution < -0.4 is 5.32 Å². The predicted octanol–water partition coefficient (Wildman–Crippen LogP) is 2.48. The van der Waals surface area contributed by atoms with Gasteiger partial charge in [-0.15, -0.1) is 0 Å². The standard InChI is InChI=1S/C14H13N3O3/c1-10(13-7-2-3-8-15-13)16-14(18)11-5-4-6-12(9-11)17(19)20/h2-10H,1H3,(H,16,18). The van der Waals surface area contributed by atoms with Gasteiger partial charge in [0.1, 0.15) is 0 Å². The van der Waals surface area contributed by atoms with Crippen molar-refractivity contribution in [3.8, 4) is 0 Å². The van der Waals surface area contributed by atoms with E-state index in [1.54, 1.807) is 25.3 Å². The number of benzene rings is 1. The molecule has 0 saturated heterocycles. The lowest BCUT2D eigenvalue weighted by molar-refractivity contribution is -0.384. The van der Waals surface area contributed by atoms with Crippen LogP contribution in [0.2, 0.25) is 0 Å². The third-order valence-electron chi connectivity index (χ3n) is 2.80. The summed E-state index contributed by atoms with van der Waals surface area (Å²) in [6.07, 6.45) is 1.64. The number of carbonyl (C=O) groups excluding carboxylic acids is 1. The minimum atomic E-state index is -0.529. The molecule has 0 aliphatic carbocycles. The lowest BCUT2D eigenvalue weighted by Crippen LogP contribution is -2.27. The van der Waals surface area contributed by atoms with E-state index in [1.165, 1.54) is 24.3 Å². The summed E-state index contributed by atoms with van der Waals surface area (Å²) in [5, 5.41) is 13.4. The molecule has 20 heavy (non-hydrogen) atoms. The number of hydrogen-bond acceptors (Lipinski definition) is 4. The van der Waals surface area contributed by atoms with Crippen molar-refractivity contribution in [2.75, 3.05) is 0 Å². The third-order valence-corrected chi connectivity index (χ3v) is 2.80. The Morgan fingerprint density at radius 2 is 2.10 bits per heavy atom. The number of pyridine rings is 1. The van der Waals surface area contributed by atoms with E-state index >= 15 is 0 Å². The molecule has 0 aliphatic rings. The second-order valence-corrected chi connectivity index (χ2v) is 4.26. The first-order valence-electron chi connectivity index (χ1n) is 6.04. The molecule has 1 amide bonds. The summed E-state index contributed by atoms with van der Waals surface area (Å²) < 4.78 is 0. The summed E-state index contributed by atoms with van der Waals surface area (Å²) >= 11 is 0. The zero-order valence-electron chi connectivity index (χ0n) is 10.8. The number of hydrogen-bond donors (Lipinski definition) is 1. The molecule has 0 bridgehead atoms. The molecular weight excluding hydrogens is 258 g/mol. The summed E-state index contributed by atoms with van der Waals surface area (Å²) in [4.78, 5) is 26.3. The Labute approximate surface area is 115 Å². The minimum Gasteiger partial charge on any atom is -0.344 e. The van der Waals surface area contributed by atoms with Gasteiger partial charge in [0.15, 0.2) is 0 Å². The molecule has 0 saturated carbocycles. The average molecular weight is 271 g/mol. The van der Waals surface area contributed by atoms with E-state index in [4.69, 9.17) is 0 Å². The van der Waals surface area contributed by atoms with Crippen LogP contribution in [-0.4, -0.2) is 15.8 Å². The second kappa shape index (κ2) is 5.92. The smallest absolute Gasteiger partial charge is 0.270 e. The molecule has 6 nitrogen and oxygen atoms in total. The maximum absolute atomic E-state index is 12.0. The van der Waals surface area contributed by atoms with E-state index in [2.05, 4.69) is 10.3 Å². The Hall–Kier alpha value is -2.76. The number of nitro benzene ring substituents is 1. The number of non-ortho nitro benzene ring substituents is 1. The van der Waals surface area contributed by atoms with Gasteiger partial charge in [0.25, 0.3) is 11.6 Å². The Morgan fingerprint density at radius 1 is 1.30 bits per heavy atom. The van der Waals surface area contributed by atoms with Crippen LogP contribution in [0.5, 0.6) is 0 Å². The first-order chi connectivity index (χ1) is 9.58. The molecule has 102 valence electrons. The van der Waals surface area contributed by atoms with E-state index in [-0.39, 0.29) is 23.2 Å². The van der Waals surface area contributed by atoms with E-state index in [1.807, 2.05) is 6.07 Å². The molecule has 1 atom stereocenters. The van der Waals surface area contributed by atoms with Crippen molar-refractivity contribution in [1.82, 2.24) is 10.3 Å². The topological polar surface area (TPSA) is 85.1 Å². The van der Waals surface area contributed by atoms with E-state index < -0.39 is 4.92 Å². The Kier molecular flexibility index (Phi) is 4.05. The molecule has 0 radical (unpaired) electrons. The normalized spacial score (nSPS) is 11.7. The lowest BCUT2D eigenvalue weighted by Gasteiger charge is -2.13. The van der Waals surface area contributed by atoms with Crippen molar-refractivity contribution in [2.24, 2.45) is 0 Å². The van der Waals surface area contributed by atoms with Crippen molar-refractivity contribution >= 4 is 11.6 Å². The maximum Gasteiger partial charge on any atom is 0.270 e. The van der Waals surface area contributed by atoms with Gasteiger partial charge in [-0.2, -0.15) is 0 Å². The summed E-state index contributed by atoms with van der Waals surface area (Å²) in [5.41, 5.74) is 0.872. The van der Waals surface area contributed by atoms with Crippen LogP contribution in [-0.2, 0) is 0 Å². The molecule has 2 rings (SSSR count). The van der Waals surface area contributed by atoms with Crippen LogP contribution >= 0.6 is 0 Å². The summed E-state index contributed by atoms with van der Waals surface area (Å²) in [7, 11) is 0. The fourth-order valence-electron chi connectivity index (χ4n) is 1.75. The molecule has 1 heterocycles. The third kappa shape index (κ3) is 3.17. The largest absolute Gasteiger partial charge is 0.344 e. The maximum atomic E-state index is 12.0.